The largest absolute Gasteiger partial charge is 0.480 e. The van der Waals surface area contributed by atoms with E-state index < -0.39 is 5.97 Å². The fraction of sp³-hybridized carbons (Fsp3) is 0.929. The van der Waals surface area contributed by atoms with Gasteiger partial charge in [-0.2, -0.15) is 0 Å². The maximum atomic E-state index is 11.0. The van der Waals surface area contributed by atoms with Gasteiger partial charge in [0.2, 0.25) is 0 Å². The highest BCUT2D eigenvalue weighted by molar-refractivity contribution is 5.73. The third-order valence-electron chi connectivity index (χ3n) is 4.43. The first kappa shape index (κ1) is 12.9. The monoisotopic (exact) mass is 239 g/mol. The van der Waals surface area contributed by atoms with Crippen LogP contribution in [0, 0.1) is 5.92 Å². The van der Waals surface area contributed by atoms with Crippen LogP contribution in [0.1, 0.15) is 57.8 Å². The molecular weight excluding hydrogens is 214 g/mol. The van der Waals surface area contributed by atoms with Crippen LogP contribution >= 0.6 is 0 Å². The Labute approximate surface area is 104 Å². The maximum Gasteiger partial charge on any atom is 0.320 e. The Morgan fingerprint density at radius 1 is 1.12 bits per heavy atom. The third-order valence-corrected chi connectivity index (χ3v) is 4.43. The number of rotatable bonds is 5. The molecule has 2 rings (SSSR count). The lowest BCUT2D eigenvalue weighted by molar-refractivity contribution is -0.142. The zero-order valence-electron chi connectivity index (χ0n) is 10.7. The van der Waals surface area contributed by atoms with E-state index in [0.29, 0.717) is 0 Å². The number of hydrogen-bond acceptors (Lipinski definition) is 2. The van der Waals surface area contributed by atoms with Crippen molar-refractivity contribution in [1.82, 2.24) is 4.90 Å². The van der Waals surface area contributed by atoms with Crippen molar-refractivity contribution in [3.8, 4) is 0 Å². The maximum absolute atomic E-state index is 11.0. The summed E-state index contributed by atoms with van der Waals surface area (Å²) in [7, 11) is 0. The van der Waals surface area contributed by atoms with Crippen LogP contribution in [0.2, 0.25) is 0 Å². The van der Waals surface area contributed by atoms with E-state index in [1.165, 1.54) is 44.9 Å². The average Bonchev–Trinajstić information content (AvgIpc) is 2.79. The minimum atomic E-state index is -0.625. The third kappa shape index (κ3) is 3.70. The lowest BCUT2D eigenvalue weighted by Crippen LogP contribution is -2.36. The minimum Gasteiger partial charge on any atom is -0.480 e. The van der Waals surface area contributed by atoms with Crippen molar-refractivity contribution >= 4 is 5.97 Å². The number of carbonyl (C=O) groups is 1. The van der Waals surface area contributed by atoms with Gasteiger partial charge in [-0.1, -0.05) is 32.1 Å². The van der Waals surface area contributed by atoms with Gasteiger partial charge in [-0.25, -0.2) is 0 Å². The Morgan fingerprint density at radius 3 is 2.59 bits per heavy atom. The van der Waals surface area contributed by atoms with Crippen LogP contribution in [-0.2, 0) is 4.79 Å². The molecule has 0 radical (unpaired) electrons. The van der Waals surface area contributed by atoms with Gasteiger partial charge >= 0.3 is 5.97 Å². The summed E-state index contributed by atoms with van der Waals surface area (Å²) in [5, 5.41) is 9.09. The molecule has 0 aromatic rings. The lowest BCUT2D eigenvalue weighted by Gasteiger charge is -2.24. The van der Waals surface area contributed by atoms with Crippen LogP contribution in [0.25, 0.3) is 0 Å². The molecule has 1 aliphatic heterocycles. The summed E-state index contributed by atoms with van der Waals surface area (Å²) in [5.74, 6) is 0.301. The van der Waals surface area contributed by atoms with Gasteiger partial charge in [0.25, 0.3) is 0 Å². The molecule has 0 amide bonds. The molecule has 0 spiro atoms. The van der Waals surface area contributed by atoms with E-state index in [1.807, 2.05) is 0 Å². The van der Waals surface area contributed by atoms with E-state index in [9.17, 15) is 4.79 Å². The van der Waals surface area contributed by atoms with Crippen molar-refractivity contribution in [2.24, 2.45) is 5.92 Å². The molecule has 3 heteroatoms. The highest BCUT2D eigenvalue weighted by Crippen LogP contribution is 2.28. The molecule has 1 saturated heterocycles. The molecule has 0 aromatic heterocycles. The molecule has 1 aliphatic carbocycles. The molecule has 1 N–H and O–H groups in total. The van der Waals surface area contributed by atoms with Crippen LogP contribution in [0.3, 0.4) is 0 Å². The van der Waals surface area contributed by atoms with E-state index >= 15 is 0 Å². The Morgan fingerprint density at radius 2 is 1.88 bits per heavy atom. The second-order valence-electron chi connectivity index (χ2n) is 5.68. The average molecular weight is 239 g/mol. The molecule has 1 saturated carbocycles. The van der Waals surface area contributed by atoms with Gasteiger partial charge in [0.05, 0.1) is 0 Å². The van der Waals surface area contributed by atoms with Gasteiger partial charge in [-0.15, -0.1) is 0 Å². The normalized spacial score (nSPS) is 27.4. The first-order valence-electron chi connectivity index (χ1n) is 7.24. The molecule has 0 aromatic carbocycles. The van der Waals surface area contributed by atoms with E-state index in [2.05, 4.69) is 4.90 Å². The van der Waals surface area contributed by atoms with Crippen molar-refractivity contribution in [3.63, 3.8) is 0 Å². The Bertz CT molecular complexity index is 249. The zero-order valence-corrected chi connectivity index (χ0v) is 10.7. The van der Waals surface area contributed by atoms with Gasteiger partial charge < -0.3 is 5.11 Å². The lowest BCUT2D eigenvalue weighted by atomic mass is 9.86. The number of hydrogen-bond donors (Lipinski definition) is 1. The van der Waals surface area contributed by atoms with E-state index in [4.69, 9.17) is 5.11 Å². The summed E-state index contributed by atoms with van der Waals surface area (Å²) in [6.45, 7) is 1.98. The van der Waals surface area contributed by atoms with Crippen molar-refractivity contribution in [2.45, 2.75) is 63.8 Å². The minimum absolute atomic E-state index is 0.193. The predicted molar refractivity (Wildman–Crippen MR) is 68.0 cm³/mol. The van der Waals surface area contributed by atoms with Crippen LogP contribution in [-0.4, -0.2) is 35.1 Å². The number of likely N-dealkylation sites (tertiary alicyclic amines) is 1. The number of carboxylic acid groups (broad SMARTS) is 1. The Balaban J connectivity index is 1.65. The van der Waals surface area contributed by atoms with Gasteiger partial charge in [0.1, 0.15) is 6.04 Å². The SMILES string of the molecule is O=C(O)C1CCCN1CCCC1CCCCC1. The fourth-order valence-electron chi connectivity index (χ4n) is 3.43. The summed E-state index contributed by atoms with van der Waals surface area (Å²) in [6, 6.07) is -0.193. The Hall–Kier alpha value is -0.570. The van der Waals surface area contributed by atoms with Crippen molar-refractivity contribution < 1.29 is 9.90 Å². The molecule has 0 bridgehead atoms. The summed E-state index contributed by atoms with van der Waals surface area (Å²) < 4.78 is 0. The first-order chi connectivity index (χ1) is 8.27. The second-order valence-corrected chi connectivity index (χ2v) is 5.68. The number of nitrogens with zero attached hydrogens (tertiary/aromatic N) is 1. The van der Waals surface area contributed by atoms with Crippen LogP contribution in [0.15, 0.2) is 0 Å². The predicted octanol–water partition coefficient (Wildman–Crippen LogP) is 2.90. The van der Waals surface area contributed by atoms with Crippen LogP contribution in [0.5, 0.6) is 0 Å². The number of carboxylic acids is 1. The van der Waals surface area contributed by atoms with Gasteiger partial charge in [0, 0.05) is 0 Å². The summed E-state index contributed by atoms with van der Waals surface area (Å²) in [5.41, 5.74) is 0. The highest BCUT2D eigenvalue weighted by Gasteiger charge is 2.29. The number of aliphatic carboxylic acids is 1. The molecule has 17 heavy (non-hydrogen) atoms. The smallest absolute Gasteiger partial charge is 0.320 e. The molecule has 1 unspecified atom stereocenters. The zero-order chi connectivity index (χ0) is 12.1. The van der Waals surface area contributed by atoms with Gasteiger partial charge in [-0.3, -0.25) is 9.69 Å². The Kier molecular flexibility index (Phi) is 4.84. The van der Waals surface area contributed by atoms with E-state index in [0.717, 1.165) is 31.8 Å². The molecule has 2 aliphatic rings. The second kappa shape index (κ2) is 6.39. The standard InChI is InChI=1S/C14H25NO2/c16-14(17)13-9-5-11-15(13)10-4-8-12-6-2-1-3-7-12/h12-13H,1-11H2,(H,16,17). The van der Waals surface area contributed by atoms with Crippen LogP contribution < -0.4 is 0 Å². The summed E-state index contributed by atoms with van der Waals surface area (Å²) in [4.78, 5) is 13.2. The van der Waals surface area contributed by atoms with Gasteiger partial charge in [-0.05, 0) is 44.7 Å². The summed E-state index contributed by atoms with van der Waals surface area (Å²) >= 11 is 0. The van der Waals surface area contributed by atoms with E-state index in [1.54, 1.807) is 0 Å². The molecular formula is C14H25NO2. The van der Waals surface area contributed by atoms with Crippen molar-refractivity contribution in [1.29, 1.82) is 0 Å². The van der Waals surface area contributed by atoms with Crippen LogP contribution in [0.4, 0.5) is 0 Å². The molecule has 2 fully saturated rings. The highest BCUT2D eigenvalue weighted by atomic mass is 16.4. The van der Waals surface area contributed by atoms with Crippen molar-refractivity contribution in [2.75, 3.05) is 13.1 Å². The first-order valence-corrected chi connectivity index (χ1v) is 7.24. The van der Waals surface area contributed by atoms with Gasteiger partial charge in [0.15, 0.2) is 0 Å². The molecule has 3 nitrogen and oxygen atoms in total. The fourth-order valence-corrected chi connectivity index (χ4v) is 3.43. The molecule has 1 atom stereocenters. The quantitative estimate of drug-likeness (QED) is 0.802. The topological polar surface area (TPSA) is 40.5 Å². The summed E-state index contributed by atoms with van der Waals surface area (Å²) in [6.07, 6.45) is 11.4. The molecule has 98 valence electrons. The van der Waals surface area contributed by atoms with Crippen molar-refractivity contribution in [3.05, 3.63) is 0 Å². The van der Waals surface area contributed by atoms with E-state index in [-0.39, 0.29) is 6.04 Å². The molecule has 1 heterocycles.